The van der Waals surface area contributed by atoms with Crippen molar-refractivity contribution in [3.8, 4) is 17.1 Å². The molecule has 6 nitrogen and oxygen atoms in total. The van der Waals surface area contributed by atoms with Crippen LogP contribution in [0.25, 0.3) is 17.1 Å². The summed E-state index contributed by atoms with van der Waals surface area (Å²) in [5.41, 5.74) is 5.32. The van der Waals surface area contributed by atoms with Crippen LogP contribution in [-0.2, 0) is 4.79 Å². The van der Waals surface area contributed by atoms with Gasteiger partial charge in [0, 0.05) is 21.3 Å². The summed E-state index contributed by atoms with van der Waals surface area (Å²) in [5, 5.41) is 13.4. The van der Waals surface area contributed by atoms with Crippen LogP contribution in [0.4, 0.5) is 0 Å². The van der Waals surface area contributed by atoms with E-state index in [0.29, 0.717) is 5.16 Å². The van der Waals surface area contributed by atoms with Gasteiger partial charge in [0.05, 0.1) is 12.0 Å². The molecule has 0 unspecified atom stereocenters. The number of hydrogen-bond donors (Lipinski definition) is 1. The normalized spacial score (nSPS) is 11.0. The standard InChI is InChI=1S/C23H18BrN5OS/c24-20-14-8-7-11-18(20)15-25-26-21(30)16-31-23-28-27-22(17-9-3-1-4-10-17)29(23)19-12-5-2-6-13-19/h1-15H,16H2,(H,26,30)/b25-15+. The highest BCUT2D eigenvalue weighted by atomic mass is 79.9. The number of nitrogens with one attached hydrogen (secondary N) is 1. The zero-order valence-corrected chi connectivity index (χ0v) is 18.8. The minimum absolute atomic E-state index is 0.160. The van der Waals surface area contributed by atoms with Gasteiger partial charge in [-0.25, -0.2) is 5.43 Å². The third-order valence-electron chi connectivity index (χ3n) is 4.31. The number of nitrogens with zero attached hydrogens (tertiary/aromatic N) is 4. The molecule has 0 aliphatic heterocycles. The molecule has 8 heteroatoms. The Morgan fingerprint density at radius 1 is 0.968 bits per heavy atom. The highest BCUT2D eigenvalue weighted by molar-refractivity contribution is 9.10. The van der Waals surface area contributed by atoms with E-state index in [2.05, 4.69) is 36.7 Å². The molecule has 0 atom stereocenters. The van der Waals surface area contributed by atoms with Crippen LogP contribution in [0.15, 0.2) is 99.7 Å². The second-order valence-electron chi connectivity index (χ2n) is 6.45. The van der Waals surface area contributed by atoms with Crippen LogP contribution in [0.3, 0.4) is 0 Å². The van der Waals surface area contributed by atoms with E-state index in [-0.39, 0.29) is 11.7 Å². The number of para-hydroxylation sites is 1. The number of amides is 1. The Bertz CT molecular complexity index is 1200. The quantitative estimate of drug-likeness (QED) is 0.225. The van der Waals surface area contributed by atoms with E-state index in [4.69, 9.17) is 0 Å². The van der Waals surface area contributed by atoms with Crippen molar-refractivity contribution in [1.29, 1.82) is 0 Å². The Hall–Kier alpha value is -3.23. The van der Waals surface area contributed by atoms with E-state index in [1.54, 1.807) is 6.21 Å². The first kappa shape index (κ1) is 21.0. The van der Waals surface area contributed by atoms with E-state index in [9.17, 15) is 4.79 Å². The largest absolute Gasteiger partial charge is 0.272 e. The number of carbonyl (C=O) groups is 1. The van der Waals surface area contributed by atoms with Crippen LogP contribution < -0.4 is 5.43 Å². The molecule has 1 N–H and O–H groups in total. The van der Waals surface area contributed by atoms with Crippen molar-refractivity contribution in [3.63, 3.8) is 0 Å². The molecule has 1 heterocycles. The number of thioether (sulfide) groups is 1. The molecule has 0 saturated heterocycles. The van der Waals surface area contributed by atoms with E-state index < -0.39 is 0 Å². The van der Waals surface area contributed by atoms with Crippen molar-refractivity contribution in [2.45, 2.75) is 5.16 Å². The second-order valence-corrected chi connectivity index (χ2v) is 8.24. The van der Waals surface area contributed by atoms with E-state index in [1.807, 2.05) is 89.5 Å². The Morgan fingerprint density at radius 3 is 2.39 bits per heavy atom. The highest BCUT2D eigenvalue weighted by Gasteiger charge is 2.16. The minimum Gasteiger partial charge on any atom is -0.272 e. The summed E-state index contributed by atoms with van der Waals surface area (Å²) >= 11 is 4.76. The first-order chi connectivity index (χ1) is 15.2. The number of halogens is 1. The van der Waals surface area contributed by atoms with Crippen molar-refractivity contribution in [2.75, 3.05) is 5.75 Å². The van der Waals surface area contributed by atoms with E-state index in [0.717, 1.165) is 27.1 Å². The van der Waals surface area contributed by atoms with Gasteiger partial charge in [0.25, 0.3) is 5.91 Å². The van der Waals surface area contributed by atoms with E-state index >= 15 is 0 Å². The Balaban J connectivity index is 1.49. The van der Waals surface area contributed by atoms with Crippen molar-refractivity contribution in [3.05, 3.63) is 95.0 Å². The molecule has 0 spiro atoms. The molecule has 154 valence electrons. The number of hydrogen-bond acceptors (Lipinski definition) is 5. The zero-order chi connectivity index (χ0) is 21.5. The van der Waals surface area contributed by atoms with Gasteiger partial charge < -0.3 is 0 Å². The first-order valence-corrected chi connectivity index (χ1v) is 11.3. The van der Waals surface area contributed by atoms with Crippen LogP contribution >= 0.6 is 27.7 Å². The van der Waals surface area contributed by atoms with Gasteiger partial charge in [-0.3, -0.25) is 9.36 Å². The van der Waals surface area contributed by atoms with Crippen LogP contribution in [0.2, 0.25) is 0 Å². The van der Waals surface area contributed by atoms with Gasteiger partial charge in [0.2, 0.25) is 0 Å². The lowest BCUT2D eigenvalue weighted by atomic mass is 10.2. The predicted octanol–water partition coefficient (Wildman–Crippen LogP) is 4.94. The molecule has 0 aliphatic rings. The molecular weight excluding hydrogens is 474 g/mol. The lowest BCUT2D eigenvalue weighted by Gasteiger charge is -2.10. The second kappa shape index (κ2) is 10.2. The van der Waals surface area contributed by atoms with Gasteiger partial charge in [0.15, 0.2) is 11.0 Å². The van der Waals surface area contributed by atoms with Gasteiger partial charge in [-0.15, -0.1) is 10.2 Å². The fourth-order valence-corrected chi connectivity index (χ4v) is 3.99. The van der Waals surface area contributed by atoms with Crippen molar-refractivity contribution in [1.82, 2.24) is 20.2 Å². The van der Waals surface area contributed by atoms with Gasteiger partial charge >= 0.3 is 0 Å². The van der Waals surface area contributed by atoms with Gasteiger partial charge in [-0.1, -0.05) is 94.4 Å². The Labute approximate surface area is 192 Å². The number of rotatable bonds is 7. The summed E-state index contributed by atoms with van der Waals surface area (Å²) in [4.78, 5) is 12.3. The maximum absolute atomic E-state index is 12.3. The van der Waals surface area contributed by atoms with Crippen molar-refractivity contribution >= 4 is 39.8 Å². The lowest BCUT2D eigenvalue weighted by Crippen LogP contribution is -2.20. The van der Waals surface area contributed by atoms with Crippen molar-refractivity contribution in [2.24, 2.45) is 5.10 Å². The number of carbonyl (C=O) groups excluding carboxylic acids is 1. The molecule has 3 aromatic carbocycles. The van der Waals surface area contributed by atoms with Gasteiger partial charge in [-0.05, 0) is 18.2 Å². The number of benzene rings is 3. The molecule has 1 aromatic heterocycles. The maximum atomic E-state index is 12.3. The number of aromatic nitrogens is 3. The minimum atomic E-state index is -0.225. The van der Waals surface area contributed by atoms with Gasteiger partial charge in [0.1, 0.15) is 0 Å². The molecule has 0 saturated carbocycles. The fourth-order valence-electron chi connectivity index (χ4n) is 2.86. The Morgan fingerprint density at radius 2 is 1.65 bits per heavy atom. The molecule has 0 radical (unpaired) electrons. The summed E-state index contributed by atoms with van der Waals surface area (Å²) in [6, 6.07) is 27.4. The molecule has 1 amide bonds. The third kappa shape index (κ3) is 5.28. The topological polar surface area (TPSA) is 72.2 Å². The number of hydrazone groups is 1. The van der Waals surface area contributed by atoms with Crippen LogP contribution in [0, 0.1) is 0 Å². The maximum Gasteiger partial charge on any atom is 0.250 e. The molecular formula is C23H18BrN5OS. The van der Waals surface area contributed by atoms with Crippen LogP contribution in [0.1, 0.15) is 5.56 Å². The molecule has 31 heavy (non-hydrogen) atoms. The van der Waals surface area contributed by atoms with Crippen molar-refractivity contribution < 1.29 is 4.79 Å². The van der Waals surface area contributed by atoms with E-state index in [1.165, 1.54) is 11.8 Å². The summed E-state index contributed by atoms with van der Waals surface area (Å²) < 4.78 is 2.87. The SMILES string of the molecule is O=C(CSc1nnc(-c2ccccc2)n1-c1ccccc1)N/N=C/c1ccccc1Br. The average Bonchev–Trinajstić information content (AvgIpc) is 3.24. The first-order valence-electron chi connectivity index (χ1n) is 9.48. The molecule has 0 bridgehead atoms. The summed E-state index contributed by atoms with van der Waals surface area (Å²) in [6.07, 6.45) is 1.60. The van der Waals surface area contributed by atoms with Crippen LogP contribution in [-0.4, -0.2) is 32.6 Å². The zero-order valence-electron chi connectivity index (χ0n) is 16.4. The summed E-state index contributed by atoms with van der Waals surface area (Å²) in [7, 11) is 0. The highest BCUT2D eigenvalue weighted by Crippen LogP contribution is 2.27. The molecule has 0 fully saturated rings. The molecule has 4 aromatic rings. The smallest absolute Gasteiger partial charge is 0.250 e. The molecule has 4 rings (SSSR count). The predicted molar refractivity (Wildman–Crippen MR) is 127 cm³/mol. The average molecular weight is 492 g/mol. The Kier molecular flexibility index (Phi) is 6.91. The lowest BCUT2D eigenvalue weighted by molar-refractivity contribution is -0.118. The molecule has 0 aliphatic carbocycles. The third-order valence-corrected chi connectivity index (χ3v) is 5.96. The van der Waals surface area contributed by atoms with Gasteiger partial charge in [-0.2, -0.15) is 5.10 Å². The summed E-state index contributed by atoms with van der Waals surface area (Å²) in [5.74, 6) is 0.659. The van der Waals surface area contributed by atoms with Crippen LogP contribution in [0.5, 0.6) is 0 Å². The summed E-state index contributed by atoms with van der Waals surface area (Å²) in [6.45, 7) is 0. The fraction of sp³-hybridized carbons (Fsp3) is 0.0435. The monoisotopic (exact) mass is 491 g/mol.